The van der Waals surface area contributed by atoms with E-state index in [4.69, 9.17) is 48.4 Å². The second kappa shape index (κ2) is 37.9. The number of para-hydroxylation sites is 12. The van der Waals surface area contributed by atoms with E-state index in [1.807, 2.05) is 298 Å². The minimum Gasteiger partial charge on any atom is -0.454 e. The van der Waals surface area contributed by atoms with E-state index in [9.17, 15) is 0 Å². The predicted octanol–water partition coefficient (Wildman–Crippen LogP) is 34.0. The summed E-state index contributed by atoms with van der Waals surface area (Å²) in [6.07, 6.45) is 9.67. The highest BCUT2D eigenvalue weighted by Gasteiger charge is 2.42. The number of hydrogen-bond acceptors (Lipinski definition) is 18. The lowest BCUT2D eigenvalue weighted by Crippen LogP contribution is -2.42. The van der Waals surface area contributed by atoms with Gasteiger partial charge in [-0.1, -0.05) is 218 Å². The average molecular weight is 1950 g/mol. The normalized spacial score (nSPS) is 20.3. The molecule has 18 heteroatoms. The smallest absolute Gasteiger partial charge is 0.159 e. The molecule has 21 aromatic rings. The van der Waals surface area contributed by atoms with Gasteiger partial charge in [0.1, 0.15) is 70.5 Å². The fraction of sp³-hybridized carbons (Fsp3) is 0.250. The highest BCUT2D eigenvalue weighted by molar-refractivity contribution is 6.16. The molecule has 27 rings (SSSR count). The molecule has 0 bridgehead atoms. The van der Waals surface area contributed by atoms with Gasteiger partial charge in [-0.25, -0.2) is 0 Å². The first-order chi connectivity index (χ1) is 76.8. The first-order valence-corrected chi connectivity index (χ1v) is 50.0. The van der Waals surface area contributed by atoms with Crippen LogP contribution in [-0.4, -0.2) is 89.7 Å². The maximum Gasteiger partial charge on any atom is 0.159 e. The van der Waals surface area contributed by atoms with Gasteiger partial charge in [-0.3, -0.25) is 0 Å². The van der Waals surface area contributed by atoms with E-state index in [1.54, 1.807) is 22.2 Å². The molecule has 6 aromatic heterocycles. The van der Waals surface area contributed by atoms with Crippen LogP contribution >= 0.6 is 0 Å². The summed E-state index contributed by atoms with van der Waals surface area (Å²) < 4.78 is 166. The summed E-state index contributed by atoms with van der Waals surface area (Å²) >= 11 is 0. The summed E-state index contributed by atoms with van der Waals surface area (Å²) in [5.41, 5.74) is 27.7. The third-order valence-electron chi connectivity index (χ3n) is 29.6. The third-order valence-corrected chi connectivity index (χ3v) is 29.6. The van der Waals surface area contributed by atoms with Crippen molar-refractivity contribution in [2.24, 2.45) is 0 Å². The van der Waals surface area contributed by atoms with E-state index in [2.05, 4.69) is 168 Å². The van der Waals surface area contributed by atoms with Gasteiger partial charge in [-0.2, -0.15) is 0 Å². The fourth-order valence-corrected chi connectivity index (χ4v) is 22.5. The van der Waals surface area contributed by atoms with Gasteiger partial charge in [0.25, 0.3) is 0 Å². The molecule has 6 aliphatic heterocycles. The summed E-state index contributed by atoms with van der Waals surface area (Å²) in [6.45, 7) is 25.6. The van der Waals surface area contributed by atoms with Gasteiger partial charge in [-0.15, -0.1) is 0 Å². The molecule has 738 valence electrons. The third kappa shape index (κ3) is 15.9. The van der Waals surface area contributed by atoms with E-state index in [0.717, 1.165) is 222 Å². The van der Waals surface area contributed by atoms with Gasteiger partial charge < -0.3 is 85.3 Å². The van der Waals surface area contributed by atoms with E-state index in [-0.39, 0.29) is 30.8 Å². The minimum atomic E-state index is -2.48. The van der Waals surface area contributed by atoms with Crippen molar-refractivity contribution in [3.63, 3.8) is 0 Å². The van der Waals surface area contributed by atoms with E-state index >= 15 is 0 Å². The topological polar surface area (TPSA) is 118 Å². The average Bonchev–Trinajstić information content (AvgIpc) is 1.58. The Hall–Kier alpha value is -16.1. The van der Waals surface area contributed by atoms with Gasteiger partial charge in [-0.05, 0) is 245 Å². The number of benzene rings is 15. The number of aryl methyl sites for hydroxylation is 6. The van der Waals surface area contributed by atoms with Crippen LogP contribution in [-0.2, 0) is 0 Å². The zero-order valence-electron chi connectivity index (χ0n) is 101. The molecular weight excluding hydrogens is 1800 g/mol. The maximum atomic E-state index is 8.81. The van der Waals surface area contributed by atoms with Crippen molar-refractivity contribution in [2.75, 3.05) is 58.1 Å². The highest BCUT2D eigenvalue weighted by Crippen LogP contribution is 2.55. The Morgan fingerprint density at radius 1 is 0.226 bits per heavy atom. The Bertz CT molecular complexity index is 9100. The lowest BCUT2D eigenvalue weighted by molar-refractivity contribution is 0.263. The van der Waals surface area contributed by atoms with Crippen LogP contribution in [0.2, 0.25) is 0 Å². The summed E-state index contributed by atoms with van der Waals surface area (Å²) in [4.78, 5) is 23.0. The van der Waals surface area contributed by atoms with Gasteiger partial charge in [0.05, 0.1) is 73.7 Å². The zero-order valence-corrected chi connectivity index (χ0v) is 85.5. The molecule has 6 aliphatic rings. The highest BCUT2D eigenvalue weighted by atomic mass is 16.4. The van der Waals surface area contributed by atoms with Crippen molar-refractivity contribution in [2.45, 2.75) is 199 Å². The summed E-state index contributed by atoms with van der Waals surface area (Å²) in [6, 6.07) is 92.0. The molecule has 0 aliphatic carbocycles. The van der Waals surface area contributed by atoms with Gasteiger partial charge in [0, 0.05) is 156 Å². The molecule has 18 nitrogen and oxygen atoms in total. The zero-order chi connectivity index (χ0) is 115. The van der Waals surface area contributed by atoms with Crippen LogP contribution in [0.15, 0.2) is 355 Å². The molecule has 8 atom stereocenters. The Labute approximate surface area is 877 Å². The number of hydrogen-bond donors (Lipinski definition) is 0. The molecular formula is C128H130N12O6. The molecule has 8 unspecified atom stereocenters. The molecule has 0 saturated heterocycles. The van der Waals surface area contributed by atoms with Crippen LogP contribution in [0.25, 0.3) is 132 Å². The number of anilines is 12. The van der Waals surface area contributed by atoms with Gasteiger partial charge in [0.15, 0.2) is 33.5 Å². The lowest BCUT2D eigenvalue weighted by atomic mass is 10.1. The second-order valence-electron chi connectivity index (χ2n) is 39.1. The number of nitrogens with zero attached hydrogens (tertiary/aromatic N) is 12. The van der Waals surface area contributed by atoms with Crippen molar-refractivity contribution < 1.29 is 48.4 Å². The van der Waals surface area contributed by atoms with Crippen LogP contribution in [0, 0.1) is 41.5 Å². The molecule has 12 heterocycles. The first kappa shape index (κ1) is 77.5. The molecule has 0 fully saturated rings. The number of rotatable bonds is 10. The van der Waals surface area contributed by atoms with E-state index < -0.39 is 57.9 Å². The summed E-state index contributed by atoms with van der Waals surface area (Å²) in [5.74, 6) is 0. The Balaban J connectivity index is 0.000000108. The molecule has 0 N–H and O–H groups in total. The van der Waals surface area contributed by atoms with E-state index in [1.165, 1.54) is 29.2 Å². The molecule has 0 saturated carbocycles. The van der Waals surface area contributed by atoms with Crippen molar-refractivity contribution >= 4 is 200 Å². The fourth-order valence-electron chi connectivity index (χ4n) is 22.5. The molecule has 0 amide bonds. The van der Waals surface area contributed by atoms with Crippen LogP contribution in [0.1, 0.15) is 152 Å². The van der Waals surface area contributed by atoms with Crippen LogP contribution in [0.3, 0.4) is 0 Å². The maximum absolute atomic E-state index is 8.81. The predicted molar refractivity (Wildman–Crippen MR) is 613 cm³/mol. The van der Waals surface area contributed by atoms with E-state index in [0.29, 0.717) is 5.69 Å². The Morgan fingerprint density at radius 3 is 0.767 bits per heavy atom. The van der Waals surface area contributed by atoms with Gasteiger partial charge in [0.2, 0.25) is 0 Å². The monoisotopic (exact) mass is 1950 g/mol. The SMILES string of the molecule is [2H]C(C)(C)N1C=CN(c2c(C)ccc3c2oc2ccccc23)C1C.[2H]C(C)(C)N1c2ccccc2N(c2c(C)ccc3c2oc2ccccc23)C1C.[2H]C([2H])([2H])C([2H])(C)N1C=CN(c2c(C)ccc3c2oc2ccccc23)C1C.[2H]C([2H])([2H])C([2H])(C)N1c2ccccc2N(c2c(C)ccc3c2oc2ccccc23)C1C.[2H]C([2H])([2H])N1C=CN(c2c(C)ccc3c2oc2ccccc23)C1C.[2H]C([2H])([2H])N1c2ccccc2N(c2c(C)ccc3c2oc2ccccc23)C1C. The molecule has 0 radical (unpaired) electrons. The summed E-state index contributed by atoms with van der Waals surface area (Å²) in [5, 5.41) is 12.9. The quantitative estimate of drug-likeness (QED) is 0.129. The van der Waals surface area contributed by atoms with Crippen LogP contribution < -0.4 is 44.1 Å². The molecule has 15 aromatic carbocycles. The first-order valence-electron chi connectivity index (χ1n) is 58.0. The van der Waals surface area contributed by atoms with Crippen molar-refractivity contribution in [1.82, 2.24) is 14.7 Å². The van der Waals surface area contributed by atoms with Crippen LogP contribution in [0.4, 0.5) is 68.2 Å². The lowest BCUT2D eigenvalue weighted by Gasteiger charge is -2.33. The van der Waals surface area contributed by atoms with Crippen LogP contribution in [0.5, 0.6) is 0 Å². The van der Waals surface area contributed by atoms with Crippen molar-refractivity contribution in [1.29, 1.82) is 0 Å². The van der Waals surface area contributed by atoms with Gasteiger partial charge >= 0.3 is 0 Å². The second-order valence-corrected chi connectivity index (χ2v) is 39.1. The summed E-state index contributed by atoms with van der Waals surface area (Å²) in [7, 11) is 0. The van der Waals surface area contributed by atoms with Crippen molar-refractivity contribution in [3.05, 3.63) is 362 Å². The number of fused-ring (bicyclic) bond motifs is 21. The Morgan fingerprint density at radius 2 is 0.479 bits per heavy atom. The molecule has 146 heavy (non-hydrogen) atoms. The minimum absolute atomic E-state index is 0.00223. The Kier molecular flexibility index (Phi) is 20.1. The number of furan rings is 6. The standard InChI is InChI=1S/2C24H24N2O.C22H20N2O.2C20H22N2O.C18H18N2O/c2*1-15(2)25-17(4)26(21-11-7-6-10-20(21)25)23-16(3)13-14-19-18-9-5-8-12-22(18)27-24(19)23;1-14-12-13-17-16-8-4-7-11-20(16)25-22(17)21(14)24-15(2)23(3)18-9-5-6-10-19(18)24;2*1-13(2)21-11-12-22(15(21)4)19-14(3)9-10-17-16-7-5-6-8-18(16)23-20(17)19;1-12-8-9-15-14-6-4-5-7-16(14)21-18(15)17(12)20-11-10-19(3)13(20)2/h2*5-15,17H,1-4H3;4-13,15H,1-3H3;2*5-13,15H,1-4H3;4-11,13H,1-3H3/i1D3,15D;15D;3D3;1D3,13D;13D;3D3. The van der Waals surface area contributed by atoms with Crippen molar-refractivity contribution in [3.8, 4) is 0 Å². The largest absolute Gasteiger partial charge is 0.454 e. The molecule has 0 spiro atoms.